The van der Waals surface area contributed by atoms with Crippen molar-refractivity contribution in [2.45, 2.75) is 144 Å². The van der Waals surface area contributed by atoms with Crippen molar-refractivity contribution in [2.24, 2.45) is 58.2 Å². The van der Waals surface area contributed by atoms with Crippen molar-refractivity contribution in [2.75, 3.05) is 6.61 Å². The van der Waals surface area contributed by atoms with Crippen molar-refractivity contribution < 1.29 is 9.53 Å². The van der Waals surface area contributed by atoms with Gasteiger partial charge >= 0.3 is 0 Å². The van der Waals surface area contributed by atoms with Crippen LogP contribution in [0.15, 0.2) is 12.7 Å². The summed E-state index contributed by atoms with van der Waals surface area (Å²) in [5.74, 6) is 5.88. The molecule has 0 saturated heterocycles. The minimum Gasteiger partial charge on any atom is -0.374 e. The predicted octanol–water partition coefficient (Wildman–Crippen LogP) is 10.1. The van der Waals surface area contributed by atoms with E-state index in [4.69, 9.17) is 4.74 Å². The maximum Gasteiger partial charge on any atom is 0.136 e. The zero-order valence-electron chi connectivity index (χ0n) is 26.3. The highest BCUT2D eigenvalue weighted by molar-refractivity contribution is 5.82. The summed E-state index contributed by atoms with van der Waals surface area (Å²) in [6.45, 7) is 22.2. The van der Waals surface area contributed by atoms with E-state index in [0.29, 0.717) is 23.0 Å². The molecule has 4 saturated carbocycles. The quantitative estimate of drug-likeness (QED) is 0.187. The molecule has 4 aliphatic rings. The summed E-state index contributed by atoms with van der Waals surface area (Å²) < 4.78 is 7.25. The normalized spacial score (nSPS) is 41.6. The summed E-state index contributed by atoms with van der Waals surface area (Å²) in [5.41, 5.74) is 0.664. The number of ketones is 1. The van der Waals surface area contributed by atoms with Gasteiger partial charge < -0.3 is 4.74 Å². The molecule has 4 aliphatic carbocycles. The third-order valence-electron chi connectivity index (χ3n) is 12.9. The molecule has 2 heteroatoms. The van der Waals surface area contributed by atoms with Crippen molar-refractivity contribution in [1.82, 2.24) is 0 Å². The van der Waals surface area contributed by atoms with E-state index < -0.39 is 0 Å². The molecule has 0 bridgehead atoms. The van der Waals surface area contributed by atoms with Gasteiger partial charge in [0.15, 0.2) is 0 Å². The topological polar surface area (TPSA) is 26.3 Å². The van der Waals surface area contributed by atoms with Crippen LogP contribution >= 0.6 is 0 Å². The van der Waals surface area contributed by atoms with Crippen molar-refractivity contribution >= 4 is 5.78 Å². The van der Waals surface area contributed by atoms with Crippen LogP contribution in [-0.4, -0.2) is 18.0 Å². The number of fused-ring (bicyclic) bond motifs is 5. The van der Waals surface area contributed by atoms with Crippen LogP contribution in [-0.2, 0) is 9.53 Å². The highest BCUT2D eigenvalue weighted by Crippen LogP contribution is 2.70. The van der Waals surface area contributed by atoms with Gasteiger partial charge in [0.05, 0.1) is 5.60 Å². The SMILES string of the molecule is C=CC[C@@H]1C(=O)CC[C@@]2(C)C1CC[C@@H]1[C@@H]2CC[C@@]2(C)[C@H]1CC[C@@]2(OCCCC(C)C)[C@H](C)CCCC(C)C. The summed E-state index contributed by atoms with van der Waals surface area (Å²) in [6, 6.07) is 0. The van der Waals surface area contributed by atoms with Crippen LogP contribution in [0.4, 0.5) is 0 Å². The van der Waals surface area contributed by atoms with Gasteiger partial charge in [-0.3, -0.25) is 4.79 Å². The molecule has 0 aromatic heterocycles. The summed E-state index contributed by atoms with van der Waals surface area (Å²) in [7, 11) is 0. The number of rotatable bonds is 12. The second-order valence-electron chi connectivity index (χ2n) is 15.7. The molecular formula is C36H62O2. The molecule has 0 N–H and O–H groups in total. The number of carbonyl (C=O) groups is 1. The molecule has 0 heterocycles. The Morgan fingerprint density at radius 3 is 2.24 bits per heavy atom. The number of allylic oxidation sites excluding steroid dienone is 1. The van der Waals surface area contributed by atoms with Gasteiger partial charge in [0.2, 0.25) is 0 Å². The maximum atomic E-state index is 13.0. The van der Waals surface area contributed by atoms with Gasteiger partial charge in [-0.2, -0.15) is 0 Å². The predicted molar refractivity (Wildman–Crippen MR) is 161 cm³/mol. The molecule has 218 valence electrons. The molecule has 0 amide bonds. The lowest BCUT2D eigenvalue weighted by Crippen LogP contribution is -2.60. The van der Waals surface area contributed by atoms with Crippen LogP contribution in [0.25, 0.3) is 0 Å². The molecule has 0 aliphatic heterocycles. The molecule has 1 unspecified atom stereocenters. The van der Waals surface area contributed by atoms with Crippen molar-refractivity contribution in [3.05, 3.63) is 12.7 Å². The Hall–Kier alpha value is -0.630. The zero-order valence-corrected chi connectivity index (χ0v) is 26.3. The van der Waals surface area contributed by atoms with Gasteiger partial charge in [-0.25, -0.2) is 0 Å². The third-order valence-corrected chi connectivity index (χ3v) is 12.9. The molecule has 0 spiro atoms. The van der Waals surface area contributed by atoms with Gasteiger partial charge in [0.1, 0.15) is 5.78 Å². The van der Waals surface area contributed by atoms with Crippen LogP contribution in [0.1, 0.15) is 138 Å². The van der Waals surface area contributed by atoms with E-state index in [0.717, 1.165) is 55.5 Å². The molecule has 0 aromatic carbocycles. The van der Waals surface area contributed by atoms with Crippen molar-refractivity contribution in [3.63, 3.8) is 0 Å². The Bertz CT molecular complexity index is 814. The summed E-state index contributed by atoms with van der Waals surface area (Å²) in [5, 5.41) is 0. The van der Waals surface area contributed by atoms with E-state index in [1.54, 1.807) is 0 Å². The molecule has 0 radical (unpaired) electrons. The fourth-order valence-corrected chi connectivity index (χ4v) is 10.8. The van der Waals surface area contributed by atoms with E-state index in [-0.39, 0.29) is 16.9 Å². The largest absolute Gasteiger partial charge is 0.374 e. The molecule has 0 aromatic rings. The first-order valence-electron chi connectivity index (χ1n) is 16.8. The lowest BCUT2D eigenvalue weighted by Gasteiger charge is -2.63. The Kier molecular flexibility index (Phi) is 9.64. The standard InChI is InChI=1S/C36H62O2/c1-9-12-29-30-17-16-28-31(34(30,7)21-20-33(29)37)18-22-35(8)32(28)19-23-36(35,38-24-11-14-26(4)5)27(6)15-10-13-25(2)3/h9,25-32H,1,10-24H2,2-8H3/t27-,28-,29+,30?,31+,32+,34+,35+,36-/m1/s1. The first kappa shape index (κ1) is 30.3. The molecule has 9 atom stereocenters. The highest BCUT2D eigenvalue weighted by Gasteiger charge is 2.67. The van der Waals surface area contributed by atoms with Gasteiger partial charge in [0, 0.05) is 18.9 Å². The lowest BCUT2D eigenvalue weighted by molar-refractivity contribution is -0.198. The minimum absolute atomic E-state index is 0.0439. The second-order valence-corrected chi connectivity index (χ2v) is 15.7. The van der Waals surface area contributed by atoms with Gasteiger partial charge in [0.25, 0.3) is 0 Å². The smallest absolute Gasteiger partial charge is 0.136 e. The number of carbonyl (C=O) groups excluding carboxylic acids is 1. The number of hydrogen-bond acceptors (Lipinski definition) is 2. The Balaban J connectivity index is 1.57. The average Bonchev–Trinajstić information content (AvgIpc) is 3.16. The first-order valence-corrected chi connectivity index (χ1v) is 16.8. The average molecular weight is 527 g/mol. The molecule has 2 nitrogen and oxygen atoms in total. The third kappa shape index (κ3) is 5.35. The van der Waals surface area contributed by atoms with Crippen LogP contribution in [0.2, 0.25) is 0 Å². The van der Waals surface area contributed by atoms with Crippen LogP contribution in [0.5, 0.6) is 0 Å². The lowest BCUT2D eigenvalue weighted by atomic mass is 9.42. The minimum atomic E-state index is 0.0439. The Morgan fingerprint density at radius 2 is 1.55 bits per heavy atom. The first-order chi connectivity index (χ1) is 18.0. The second kappa shape index (κ2) is 12.1. The van der Waals surface area contributed by atoms with E-state index in [9.17, 15) is 4.79 Å². The number of hydrogen-bond donors (Lipinski definition) is 0. The summed E-state index contributed by atoms with van der Waals surface area (Å²) in [4.78, 5) is 13.0. The van der Waals surface area contributed by atoms with Crippen LogP contribution in [0, 0.1) is 58.2 Å². The van der Waals surface area contributed by atoms with Crippen molar-refractivity contribution in [3.8, 4) is 0 Å². The number of Topliss-reactive ketones (excluding diaryl/α,β-unsaturated/α-hetero) is 1. The summed E-state index contributed by atoms with van der Waals surface area (Å²) >= 11 is 0. The van der Waals surface area contributed by atoms with Gasteiger partial charge in [-0.05, 0) is 123 Å². The molecular weight excluding hydrogens is 464 g/mol. The van der Waals surface area contributed by atoms with Gasteiger partial charge in [-0.1, -0.05) is 67.4 Å². The fourth-order valence-electron chi connectivity index (χ4n) is 10.8. The van der Waals surface area contributed by atoms with Gasteiger partial charge in [-0.15, -0.1) is 6.58 Å². The number of ether oxygens (including phenoxy) is 1. The van der Waals surface area contributed by atoms with Crippen molar-refractivity contribution in [1.29, 1.82) is 0 Å². The fraction of sp³-hybridized carbons (Fsp3) is 0.917. The Morgan fingerprint density at radius 1 is 0.868 bits per heavy atom. The van der Waals surface area contributed by atoms with E-state index >= 15 is 0 Å². The van der Waals surface area contributed by atoms with E-state index in [1.807, 2.05) is 6.08 Å². The van der Waals surface area contributed by atoms with E-state index in [1.165, 1.54) is 70.6 Å². The van der Waals surface area contributed by atoms with Crippen LogP contribution in [0.3, 0.4) is 0 Å². The van der Waals surface area contributed by atoms with Crippen LogP contribution < -0.4 is 0 Å². The monoisotopic (exact) mass is 526 g/mol. The molecule has 4 fully saturated rings. The van der Waals surface area contributed by atoms with E-state index in [2.05, 4.69) is 55.0 Å². The zero-order chi connectivity index (χ0) is 27.7. The highest BCUT2D eigenvalue weighted by atomic mass is 16.5. The molecule has 4 rings (SSSR count). The molecule has 38 heavy (non-hydrogen) atoms. The maximum absolute atomic E-state index is 13.0. The summed E-state index contributed by atoms with van der Waals surface area (Å²) in [6.07, 6.45) is 19.1. The Labute approximate surface area is 236 Å².